The van der Waals surface area contributed by atoms with Crippen molar-refractivity contribution in [2.75, 3.05) is 16.8 Å². The molecule has 0 spiro atoms. The van der Waals surface area contributed by atoms with Crippen LogP contribution in [0.1, 0.15) is 18.1 Å². The van der Waals surface area contributed by atoms with Crippen LogP contribution >= 0.6 is 11.6 Å². The van der Waals surface area contributed by atoms with Crippen molar-refractivity contribution in [1.29, 1.82) is 0 Å². The van der Waals surface area contributed by atoms with Gasteiger partial charge in [0.2, 0.25) is 11.8 Å². The monoisotopic (exact) mass is 330 g/mol. The second-order valence-corrected chi connectivity index (χ2v) is 5.81. The first-order chi connectivity index (χ1) is 10.9. The lowest BCUT2D eigenvalue weighted by Crippen LogP contribution is -2.37. The average molecular weight is 331 g/mol. The first-order valence-corrected chi connectivity index (χ1v) is 7.66. The molecule has 23 heavy (non-hydrogen) atoms. The normalized spacial score (nSPS) is 10.3. The van der Waals surface area contributed by atoms with E-state index in [9.17, 15) is 9.59 Å². The predicted octanol–water partition coefficient (Wildman–Crippen LogP) is 3.95. The third-order valence-electron chi connectivity index (χ3n) is 3.55. The van der Waals surface area contributed by atoms with Gasteiger partial charge in [-0.3, -0.25) is 9.59 Å². The van der Waals surface area contributed by atoms with Gasteiger partial charge in [-0.25, -0.2) is 0 Å². The molecule has 0 aliphatic carbocycles. The van der Waals surface area contributed by atoms with Crippen molar-refractivity contribution < 1.29 is 9.59 Å². The molecule has 0 bridgehead atoms. The topological polar surface area (TPSA) is 49.4 Å². The fourth-order valence-corrected chi connectivity index (χ4v) is 2.41. The highest BCUT2D eigenvalue weighted by Crippen LogP contribution is 2.26. The molecule has 0 unspecified atom stereocenters. The Hall–Kier alpha value is -2.33. The minimum Gasteiger partial charge on any atom is -0.325 e. The number of halogens is 1. The van der Waals surface area contributed by atoms with Crippen molar-refractivity contribution in [2.24, 2.45) is 0 Å². The SMILES string of the molecule is CC(=O)N(CC(=O)Nc1ccc(C)cc1)c1cccc(Cl)c1C. The highest BCUT2D eigenvalue weighted by molar-refractivity contribution is 6.31. The zero-order chi connectivity index (χ0) is 17.0. The van der Waals surface area contributed by atoms with Crippen LogP contribution in [0.25, 0.3) is 0 Å². The minimum atomic E-state index is -0.261. The molecule has 0 fully saturated rings. The van der Waals surface area contributed by atoms with Crippen LogP contribution in [0.2, 0.25) is 5.02 Å². The van der Waals surface area contributed by atoms with E-state index in [1.54, 1.807) is 18.2 Å². The van der Waals surface area contributed by atoms with Crippen molar-refractivity contribution in [1.82, 2.24) is 0 Å². The average Bonchev–Trinajstić information content (AvgIpc) is 2.50. The molecule has 2 amide bonds. The first kappa shape index (κ1) is 17.0. The molecule has 0 radical (unpaired) electrons. The first-order valence-electron chi connectivity index (χ1n) is 7.28. The van der Waals surface area contributed by atoms with Gasteiger partial charge in [-0.2, -0.15) is 0 Å². The van der Waals surface area contributed by atoms with Crippen LogP contribution in [0.5, 0.6) is 0 Å². The van der Waals surface area contributed by atoms with Gasteiger partial charge in [0.25, 0.3) is 0 Å². The Morgan fingerprint density at radius 2 is 1.74 bits per heavy atom. The maximum atomic E-state index is 12.2. The van der Waals surface area contributed by atoms with Gasteiger partial charge in [0.1, 0.15) is 6.54 Å². The minimum absolute atomic E-state index is 0.0651. The highest BCUT2D eigenvalue weighted by Gasteiger charge is 2.18. The Morgan fingerprint density at radius 3 is 2.35 bits per heavy atom. The maximum Gasteiger partial charge on any atom is 0.244 e. The molecular formula is C18H19ClN2O2. The third kappa shape index (κ3) is 4.33. The third-order valence-corrected chi connectivity index (χ3v) is 3.96. The number of hydrogen-bond donors (Lipinski definition) is 1. The number of nitrogens with one attached hydrogen (secondary N) is 1. The molecule has 0 saturated carbocycles. The van der Waals surface area contributed by atoms with E-state index in [2.05, 4.69) is 5.32 Å². The van der Waals surface area contributed by atoms with Crippen LogP contribution in [0.4, 0.5) is 11.4 Å². The number of rotatable bonds is 4. The zero-order valence-corrected chi connectivity index (χ0v) is 14.1. The number of anilines is 2. The van der Waals surface area contributed by atoms with E-state index in [4.69, 9.17) is 11.6 Å². The van der Waals surface area contributed by atoms with E-state index < -0.39 is 0 Å². The predicted molar refractivity (Wildman–Crippen MR) is 94.0 cm³/mol. The molecule has 1 N–H and O–H groups in total. The number of carbonyl (C=O) groups is 2. The summed E-state index contributed by atoms with van der Waals surface area (Å²) >= 11 is 6.11. The standard InChI is InChI=1S/C18H19ClN2O2/c1-12-7-9-15(10-8-12)20-18(23)11-21(14(3)22)17-6-4-5-16(19)13(17)2/h4-10H,11H2,1-3H3,(H,20,23). The lowest BCUT2D eigenvalue weighted by Gasteiger charge is -2.23. The number of hydrogen-bond acceptors (Lipinski definition) is 2. The van der Waals surface area contributed by atoms with Crippen molar-refractivity contribution >= 4 is 34.8 Å². The van der Waals surface area contributed by atoms with Gasteiger partial charge in [0.05, 0.1) is 0 Å². The van der Waals surface area contributed by atoms with Gasteiger partial charge in [-0.1, -0.05) is 35.4 Å². The van der Waals surface area contributed by atoms with E-state index in [0.29, 0.717) is 16.4 Å². The molecule has 2 aromatic rings. The Labute approximate surface area is 141 Å². The molecule has 0 aliphatic heterocycles. The smallest absolute Gasteiger partial charge is 0.244 e. The summed E-state index contributed by atoms with van der Waals surface area (Å²) in [6.07, 6.45) is 0. The van der Waals surface area contributed by atoms with E-state index >= 15 is 0 Å². The lowest BCUT2D eigenvalue weighted by atomic mass is 10.1. The van der Waals surface area contributed by atoms with Crippen molar-refractivity contribution in [3.05, 3.63) is 58.6 Å². The quantitative estimate of drug-likeness (QED) is 0.922. The highest BCUT2D eigenvalue weighted by atomic mass is 35.5. The van der Waals surface area contributed by atoms with Crippen molar-refractivity contribution in [3.8, 4) is 0 Å². The second-order valence-electron chi connectivity index (χ2n) is 5.40. The summed E-state index contributed by atoms with van der Waals surface area (Å²) in [6.45, 7) is 5.17. The molecule has 4 nitrogen and oxygen atoms in total. The Kier molecular flexibility index (Phi) is 5.40. The largest absolute Gasteiger partial charge is 0.325 e. The van der Waals surface area contributed by atoms with E-state index in [1.807, 2.05) is 38.1 Å². The van der Waals surface area contributed by atoms with Crippen LogP contribution in [0, 0.1) is 13.8 Å². The number of benzene rings is 2. The molecular weight excluding hydrogens is 312 g/mol. The molecule has 0 saturated heterocycles. The molecule has 0 atom stereocenters. The molecule has 0 aromatic heterocycles. The molecule has 0 aliphatic rings. The number of nitrogens with zero attached hydrogens (tertiary/aromatic N) is 1. The van der Waals surface area contributed by atoms with Gasteiger partial charge < -0.3 is 10.2 Å². The van der Waals surface area contributed by atoms with Crippen molar-refractivity contribution in [3.63, 3.8) is 0 Å². The summed E-state index contributed by atoms with van der Waals surface area (Å²) in [5.74, 6) is -0.474. The molecule has 2 aromatic carbocycles. The molecule has 2 rings (SSSR count). The van der Waals surface area contributed by atoms with E-state index in [-0.39, 0.29) is 18.4 Å². The summed E-state index contributed by atoms with van der Waals surface area (Å²) < 4.78 is 0. The summed E-state index contributed by atoms with van der Waals surface area (Å²) in [5, 5.41) is 3.36. The van der Waals surface area contributed by atoms with Gasteiger partial charge >= 0.3 is 0 Å². The van der Waals surface area contributed by atoms with Gasteiger partial charge in [0, 0.05) is 23.3 Å². The molecule has 120 valence electrons. The molecule has 5 heteroatoms. The van der Waals surface area contributed by atoms with E-state index in [1.165, 1.54) is 11.8 Å². The summed E-state index contributed by atoms with van der Waals surface area (Å²) in [6, 6.07) is 12.8. The van der Waals surface area contributed by atoms with Crippen LogP contribution in [0.15, 0.2) is 42.5 Å². The van der Waals surface area contributed by atoms with Crippen LogP contribution in [0.3, 0.4) is 0 Å². The fourth-order valence-electron chi connectivity index (χ4n) is 2.24. The summed E-state index contributed by atoms with van der Waals surface area (Å²) in [5.41, 5.74) is 3.23. The van der Waals surface area contributed by atoms with Gasteiger partial charge in [-0.05, 0) is 43.7 Å². The summed E-state index contributed by atoms with van der Waals surface area (Å²) in [7, 11) is 0. The number of amides is 2. The van der Waals surface area contributed by atoms with Gasteiger partial charge in [-0.15, -0.1) is 0 Å². The van der Waals surface area contributed by atoms with Gasteiger partial charge in [0.15, 0.2) is 0 Å². The second kappa shape index (κ2) is 7.29. The van der Waals surface area contributed by atoms with Crippen molar-refractivity contribution in [2.45, 2.75) is 20.8 Å². The molecule has 0 heterocycles. The number of aryl methyl sites for hydroxylation is 1. The lowest BCUT2D eigenvalue weighted by molar-refractivity contribution is -0.120. The fraction of sp³-hybridized carbons (Fsp3) is 0.222. The van der Waals surface area contributed by atoms with Crippen LogP contribution in [-0.4, -0.2) is 18.4 Å². The Balaban J connectivity index is 2.16. The maximum absolute atomic E-state index is 12.2. The Morgan fingerprint density at radius 1 is 1.09 bits per heavy atom. The Bertz CT molecular complexity index is 726. The zero-order valence-electron chi connectivity index (χ0n) is 13.4. The summed E-state index contributed by atoms with van der Waals surface area (Å²) in [4.78, 5) is 25.6. The van der Waals surface area contributed by atoms with Crippen LogP contribution < -0.4 is 10.2 Å². The van der Waals surface area contributed by atoms with Crippen LogP contribution in [-0.2, 0) is 9.59 Å². The van der Waals surface area contributed by atoms with E-state index in [0.717, 1.165) is 11.1 Å². The number of carbonyl (C=O) groups excluding carboxylic acids is 2.